The maximum absolute atomic E-state index is 13.1. The highest BCUT2D eigenvalue weighted by molar-refractivity contribution is 6.33. The minimum absolute atomic E-state index is 0.0301. The van der Waals surface area contributed by atoms with Gasteiger partial charge in [0.05, 0.1) is 18.0 Å². The summed E-state index contributed by atoms with van der Waals surface area (Å²) in [6.45, 7) is 8.23. The van der Waals surface area contributed by atoms with E-state index in [9.17, 15) is 22.8 Å². The topological polar surface area (TPSA) is 87.7 Å². The van der Waals surface area contributed by atoms with Crippen LogP contribution in [-0.4, -0.2) is 36.2 Å². The maximum Gasteiger partial charge on any atom is 0.416 e. The smallest absolute Gasteiger partial charge is 0.416 e. The molecule has 0 aliphatic carbocycles. The Labute approximate surface area is 236 Å². The average molecular weight is 577 g/mol. The number of alkyl halides is 3. The molecule has 40 heavy (non-hydrogen) atoms. The fraction of sp³-hybridized carbons (Fsp3) is 0.333. The first-order valence-corrected chi connectivity index (χ1v) is 13.1. The highest BCUT2D eigenvalue weighted by atomic mass is 35.5. The Morgan fingerprint density at radius 3 is 2.15 bits per heavy atom. The lowest BCUT2D eigenvalue weighted by Crippen LogP contribution is -2.32. The third kappa shape index (κ3) is 8.14. The largest absolute Gasteiger partial charge is 0.491 e. The molecule has 0 bridgehead atoms. The molecule has 0 saturated carbocycles. The predicted molar refractivity (Wildman–Crippen MR) is 150 cm³/mol. The fourth-order valence-corrected chi connectivity index (χ4v) is 4.50. The van der Waals surface area contributed by atoms with Crippen LogP contribution in [0.2, 0.25) is 5.02 Å². The van der Waals surface area contributed by atoms with Crippen LogP contribution in [0.25, 0.3) is 11.1 Å². The maximum atomic E-state index is 13.1. The van der Waals surface area contributed by atoms with Crippen molar-refractivity contribution in [2.45, 2.75) is 46.3 Å². The van der Waals surface area contributed by atoms with Crippen molar-refractivity contribution in [1.82, 2.24) is 5.32 Å². The van der Waals surface area contributed by atoms with E-state index in [1.807, 2.05) is 26.0 Å². The number of ether oxygens (including phenoxy) is 1. The van der Waals surface area contributed by atoms with Gasteiger partial charge in [-0.3, -0.25) is 9.59 Å². The van der Waals surface area contributed by atoms with Crippen LogP contribution >= 0.6 is 11.6 Å². The van der Waals surface area contributed by atoms with Gasteiger partial charge in [-0.25, -0.2) is 0 Å². The Kier molecular flexibility index (Phi) is 10.1. The molecule has 1 atom stereocenters. The SMILES string of the molecule is Cc1cc(OCC(Nc2ccc(C(=O)NCCC(=O)O)cc2)C(C)C)cc(C)c1-c1ccc(C(F)(F)F)cc1Cl. The number of rotatable bonds is 11. The van der Waals surface area contributed by atoms with E-state index >= 15 is 0 Å². The average Bonchev–Trinajstić information content (AvgIpc) is 2.86. The minimum atomic E-state index is -4.47. The van der Waals surface area contributed by atoms with Gasteiger partial charge in [0.15, 0.2) is 0 Å². The van der Waals surface area contributed by atoms with Crippen molar-refractivity contribution >= 4 is 29.2 Å². The van der Waals surface area contributed by atoms with Gasteiger partial charge in [-0.1, -0.05) is 31.5 Å². The molecule has 3 aromatic carbocycles. The third-order valence-corrected chi connectivity index (χ3v) is 6.74. The number of carbonyl (C=O) groups excluding carboxylic acids is 1. The van der Waals surface area contributed by atoms with Crippen molar-refractivity contribution in [2.24, 2.45) is 5.92 Å². The van der Waals surface area contributed by atoms with Crippen molar-refractivity contribution in [2.75, 3.05) is 18.5 Å². The second-order valence-corrected chi connectivity index (χ2v) is 10.3. The molecule has 6 nitrogen and oxygen atoms in total. The van der Waals surface area contributed by atoms with E-state index in [2.05, 4.69) is 24.5 Å². The van der Waals surface area contributed by atoms with Crippen molar-refractivity contribution in [3.8, 4) is 16.9 Å². The molecule has 0 radical (unpaired) electrons. The van der Waals surface area contributed by atoms with Gasteiger partial charge in [0.2, 0.25) is 0 Å². The number of hydrogen-bond donors (Lipinski definition) is 3. The summed E-state index contributed by atoms with van der Waals surface area (Å²) < 4.78 is 45.3. The zero-order valence-electron chi connectivity index (χ0n) is 22.7. The predicted octanol–water partition coefficient (Wildman–Crippen LogP) is 7.36. The summed E-state index contributed by atoms with van der Waals surface area (Å²) in [4.78, 5) is 22.8. The summed E-state index contributed by atoms with van der Waals surface area (Å²) in [5, 5.41) is 14.7. The number of anilines is 1. The number of benzene rings is 3. The number of nitrogens with one attached hydrogen (secondary N) is 2. The van der Waals surface area contributed by atoms with Crippen molar-refractivity contribution in [1.29, 1.82) is 0 Å². The quantitative estimate of drug-likeness (QED) is 0.222. The molecular weight excluding hydrogens is 545 g/mol. The number of aryl methyl sites for hydroxylation is 2. The zero-order chi connectivity index (χ0) is 29.6. The van der Waals surface area contributed by atoms with Crippen molar-refractivity contribution in [3.05, 3.63) is 81.9 Å². The standard InChI is InChI=1S/C30H32ClF3N2O4/c1-17(2)26(36-22-8-5-20(6-9-22)29(39)35-12-11-27(37)38)16-40-23-13-18(3)28(19(4)14-23)24-10-7-21(15-25(24)31)30(32,33)34/h5-10,13-15,17,26,36H,11-12,16H2,1-4H3,(H,35,39)(H,37,38). The van der Waals surface area contributed by atoms with Crippen LogP contribution < -0.4 is 15.4 Å². The molecule has 1 unspecified atom stereocenters. The number of halogens is 4. The van der Waals surface area contributed by atoms with Crippen molar-refractivity contribution < 1.29 is 32.6 Å². The minimum Gasteiger partial charge on any atom is -0.491 e. The van der Waals surface area contributed by atoms with Crippen LogP contribution in [0.5, 0.6) is 5.75 Å². The van der Waals surface area contributed by atoms with E-state index < -0.39 is 17.7 Å². The lowest BCUT2D eigenvalue weighted by molar-refractivity contribution is -0.138. The van der Waals surface area contributed by atoms with Gasteiger partial charge in [0.1, 0.15) is 12.4 Å². The van der Waals surface area contributed by atoms with Crippen LogP contribution in [0.3, 0.4) is 0 Å². The first kappa shape index (κ1) is 30.8. The highest BCUT2D eigenvalue weighted by Gasteiger charge is 2.31. The zero-order valence-corrected chi connectivity index (χ0v) is 23.4. The second kappa shape index (κ2) is 13.1. The number of hydrogen-bond acceptors (Lipinski definition) is 4. The van der Waals surface area contributed by atoms with Gasteiger partial charge >= 0.3 is 12.1 Å². The molecule has 214 valence electrons. The van der Waals surface area contributed by atoms with Crippen LogP contribution in [0.4, 0.5) is 18.9 Å². The van der Waals surface area contributed by atoms with Crippen LogP contribution in [0.1, 0.15) is 47.3 Å². The van der Waals surface area contributed by atoms with Crippen LogP contribution in [-0.2, 0) is 11.0 Å². The fourth-order valence-electron chi connectivity index (χ4n) is 4.23. The first-order valence-electron chi connectivity index (χ1n) is 12.7. The molecule has 0 aromatic heterocycles. The number of aliphatic carboxylic acids is 1. The molecule has 0 saturated heterocycles. The Morgan fingerprint density at radius 2 is 1.62 bits per heavy atom. The highest BCUT2D eigenvalue weighted by Crippen LogP contribution is 2.39. The molecule has 3 aromatic rings. The lowest BCUT2D eigenvalue weighted by atomic mass is 9.94. The van der Waals surface area contributed by atoms with E-state index in [-0.39, 0.29) is 35.9 Å². The Balaban J connectivity index is 1.68. The third-order valence-electron chi connectivity index (χ3n) is 6.43. The van der Waals surface area contributed by atoms with E-state index in [0.717, 1.165) is 34.5 Å². The second-order valence-electron chi connectivity index (χ2n) is 9.91. The molecule has 3 N–H and O–H groups in total. The normalized spacial score (nSPS) is 12.2. The molecule has 0 heterocycles. The van der Waals surface area contributed by atoms with Crippen molar-refractivity contribution in [3.63, 3.8) is 0 Å². The van der Waals surface area contributed by atoms with E-state index in [0.29, 0.717) is 23.5 Å². The number of carboxylic acids is 1. The van der Waals surface area contributed by atoms with Gasteiger partial charge in [0, 0.05) is 28.4 Å². The van der Waals surface area contributed by atoms with E-state index in [1.165, 1.54) is 6.07 Å². The Bertz CT molecular complexity index is 1340. The number of carboxylic acid groups (broad SMARTS) is 1. The molecule has 0 fully saturated rings. The van der Waals surface area contributed by atoms with Crippen LogP contribution in [0.15, 0.2) is 54.6 Å². The van der Waals surface area contributed by atoms with Crippen LogP contribution in [0, 0.1) is 19.8 Å². The molecule has 10 heteroatoms. The number of carbonyl (C=O) groups is 2. The van der Waals surface area contributed by atoms with Gasteiger partial charge < -0.3 is 20.5 Å². The molecule has 0 aliphatic rings. The van der Waals surface area contributed by atoms with Gasteiger partial charge in [0.25, 0.3) is 5.91 Å². The van der Waals surface area contributed by atoms with Gasteiger partial charge in [-0.2, -0.15) is 13.2 Å². The first-order chi connectivity index (χ1) is 18.8. The van der Waals surface area contributed by atoms with Gasteiger partial charge in [-0.15, -0.1) is 0 Å². The lowest BCUT2D eigenvalue weighted by Gasteiger charge is -2.24. The summed E-state index contributed by atoms with van der Waals surface area (Å²) in [5.74, 6) is -0.496. The molecule has 0 aliphatic heterocycles. The molecule has 0 spiro atoms. The molecular formula is C30H32ClF3N2O4. The summed E-state index contributed by atoms with van der Waals surface area (Å²) in [6.07, 6.45) is -4.61. The van der Waals surface area contributed by atoms with E-state index in [1.54, 1.807) is 24.3 Å². The summed E-state index contributed by atoms with van der Waals surface area (Å²) >= 11 is 6.25. The van der Waals surface area contributed by atoms with E-state index in [4.69, 9.17) is 21.4 Å². The summed E-state index contributed by atoms with van der Waals surface area (Å²) in [7, 11) is 0. The Hall–Kier alpha value is -3.72. The van der Waals surface area contributed by atoms with Gasteiger partial charge in [-0.05, 0) is 85.0 Å². The molecule has 3 rings (SSSR count). The summed E-state index contributed by atoms with van der Waals surface area (Å²) in [5.41, 5.74) is 3.36. The summed E-state index contributed by atoms with van der Waals surface area (Å²) in [6, 6.07) is 13.8. The number of amides is 1. The Morgan fingerprint density at radius 1 is 1.00 bits per heavy atom. The molecule has 1 amide bonds. The monoisotopic (exact) mass is 576 g/mol.